The molecule has 0 spiro atoms. The minimum absolute atomic E-state index is 0.168. The second-order valence-corrected chi connectivity index (χ2v) is 4.34. The van der Waals surface area contributed by atoms with Crippen molar-refractivity contribution in [2.45, 2.75) is 38.6 Å². The molecule has 0 bridgehead atoms. The molecule has 1 fully saturated rings. The Labute approximate surface area is 88.4 Å². The molecule has 0 radical (unpaired) electrons. The summed E-state index contributed by atoms with van der Waals surface area (Å²) in [6.45, 7) is 3.38. The number of nitrogens with two attached hydrogens (primary N) is 1. The highest BCUT2D eigenvalue weighted by Gasteiger charge is 2.39. The van der Waals surface area contributed by atoms with Crippen LogP contribution in [0.4, 0.5) is 0 Å². The van der Waals surface area contributed by atoms with Crippen molar-refractivity contribution in [2.75, 3.05) is 0 Å². The molecule has 1 heterocycles. The Morgan fingerprint density at radius 1 is 1.36 bits per heavy atom. The van der Waals surface area contributed by atoms with Crippen LogP contribution in [0.3, 0.4) is 0 Å². The lowest BCUT2D eigenvalue weighted by Crippen LogP contribution is -2.58. The van der Waals surface area contributed by atoms with Crippen LogP contribution in [0, 0.1) is 0 Å². The highest BCUT2D eigenvalue weighted by molar-refractivity contribution is 7.80. The normalized spacial score (nSPS) is 18.6. The van der Waals surface area contributed by atoms with Crippen LogP contribution in [0.1, 0.15) is 33.1 Å². The zero-order valence-electron chi connectivity index (χ0n) is 8.37. The molecule has 0 aromatic heterocycles. The molecule has 1 aliphatic heterocycles. The summed E-state index contributed by atoms with van der Waals surface area (Å²) >= 11 is 4.85. The van der Waals surface area contributed by atoms with Crippen LogP contribution in [0.25, 0.3) is 0 Å². The van der Waals surface area contributed by atoms with E-state index in [4.69, 9.17) is 18.0 Å². The van der Waals surface area contributed by atoms with Crippen LogP contribution in [-0.4, -0.2) is 27.2 Å². The molecule has 0 saturated carbocycles. The van der Waals surface area contributed by atoms with Crippen LogP contribution in [-0.2, 0) is 9.59 Å². The molecule has 1 saturated heterocycles. The van der Waals surface area contributed by atoms with E-state index in [2.05, 4.69) is 0 Å². The summed E-state index contributed by atoms with van der Waals surface area (Å²) in [6, 6.07) is 0. The molecule has 0 atom stereocenters. The van der Waals surface area contributed by atoms with Gasteiger partial charge in [0.2, 0.25) is 11.8 Å². The number of amides is 2. The van der Waals surface area contributed by atoms with E-state index in [1.807, 2.05) is 0 Å². The third-order valence-electron chi connectivity index (χ3n) is 2.44. The lowest BCUT2D eigenvalue weighted by molar-refractivity contribution is -0.151. The highest BCUT2D eigenvalue weighted by Crippen LogP contribution is 2.22. The van der Waals surface area contributed by atoms with Gasteiger partial charge in [-0.3, -0.25) is 14.5 Å². The number of thiocarbonyl (C=S) groups is 1. The first-order chi connectivity index (χ1) is 6.37. The molecule has 78 valence electrons. The van der Waals surface area contributed by atoms with Crippen LogP contribution in [0.2, 0.25) is 0 Å². The fourth-order valence-electron chi connectivity index (χ4n) is 1.49. The summed E-state index contributed by atoms with van der Waals surface area (Å²) in [5, 5.41) is 0. The molecular formula is C9H14N2O2S. The Balaban J connectivity index is 2.99. The van der Waals surface area contributed by atoms with Gasteiger partial charge in [0.15, 0.2) is 0 Å². The second kappa shape index (κ2) is 3.65. The van der Waals surface area contributed by atoms with Gasteiger partial charge in [0, 0.05) is 12.8 Å². The Kier molecular flexibility index (Phi) is 2.89. The fraction of sp³-hybridized carbons (Fsp3) is 0.667. The molecule has 0 aromatic rings. The summed E-state index contributed by atoms with van der Waals surface area (Å²) in [5.74, 6) is -0.363. The summed E-state index contributed by atoms with van der Waals surface area (Å²) in [6.07, 6.45) is 1.43. The van der Waals surface area contributed by atoms with E-state index < -0.39 is 5.54 Å². The van der Waals surface area contributed by atoms with E-state index >= 15 is 0 Å². The van der Waals surface area contributed by atoms with E-state index in [1.54, 1.807) is 13.8 Å². The molecular weight excluding hydrogens is 200 g/mol. The Bertz CT molecular complexity index is 283. The van der Waals surface area contributed by atoms with Crippen molar-refractivity contribution in [3.8, 4) is 0 Å². The van der Waals surface area contributed by atoms with Crippen molar-refractivity contribution in [1.29, 1.82) is 0 Å². The lowest BCUT2D eigenvalue weighted by atomic mass is 9.98. The number of rotatable bonds is 2. The molecule has 0 unspecified atom stereocenters. The first kappa shape index (κ1) is 11.1. The van der Waals surface area contributed by atoms with Crippen molar-refractivity contribution >= 4 is 29.0 Å². The smallest absolute Gasteiger partial charge is 0.230 e. The molecule has 1 aliphatic rings. The van der Waals surface area contributed by atoms with Gasteiger partial charge in [0.25, 0.3) is 0 Å². The predicted octanol–water partition coefficient (Wildman–Crippen LogP) is 0.590. The van der Waals surface area contributed by atoms with Gasteiger partial charge in [0.05, 0.1) is 10.5 Å². The molecule has 0 aromatic carbocycles. The topological polar surface area (TPSA) is 63.4 Å². The van der Waals surface area contributed by atoms with Gasteiger partial charge in [-0.05, 0) is 20.3 Å². The van der Waals surface area contributed by atoms with Gasteiger partial charge < -0.3 is 5.73 Å². The Hall–Kier alpha value is -0.970. The maximum atomic E-state index is 11.5. The molecule has 0 aliphatic carbocycles. The molecule has 1 rings (SSSR count). The third-order valence-corrected chi connectivity index (χ3v) is 2.94. The number of piperidine rings is 1. The maximum Gasteiger partial charge on any atom is 0.230 e. The lowest BCUT2D eigenvalue weighted by Gasteiger charge is -2.38. The van der Waals surface area contributed by atoms with Crippen molar-refractivity contribution in [3.63, 3.8) is 0 Å². The summed E-state index contributed by atoms with van der Waals surface area (Å²) < 4.78 is 0. The summed E-state index contributed by atoms with van der Waals surface area (Å²) in [7, 11) is 0. The second-order valence-electron chi connectivity index (χ2n) is 3.90. The van der Waals surface area contributed by atoms with E-state index in [1.165, 1.54) is 4.90 Å². The van der Waals surface area contributed by atoms with Crippen molar-refractivity contribution in [2.24, 2.45) is 5.73 Å². The van der Waals surface area contributed by atoms with Gasteiger partial charge in [-0.25, -0.2) is 0 Å². The van der Waals surface area contributed by atoms with Gasteiger partial charge in [-0.1, -0.05) is 12.2 Å². The zero-order chi connectivity index (χ0) is 10.9. The minimum atomic E-state index is -0.843. The third kappa shape index (κ3) is 1.77. The van der Waals surface area contributed by atoms with E-state index in [9.17, 15) is 9.59 Å². The van der Waals surface area contributed by atoms with E-state index in [-0.39, 0.29) is 16.8 Å². The van der Waals surface area contributed by atoms with Crippen LogP contribution >= 0.6 is 12.2 Å². The zero-order valence-corrected chi connectivity index (χ0v) is 9.19. The number of hydrogen-bond acceptors (Lipinski definition) is 3. The Morgan fingerprint density at radius 3 is 2.14 bits per heavy atom. The number of nitrogens with zero attached hydrogens (tertiary/aromatic N) is 1. The minimum Gasteiger partial charge on any atom is -0.391 e. The molecule has 4 nitrogen and oxygen atoms in total. The predicted molar refractivity (Wildman–Crippen MR) is 56.6 cm³/mol. The SMILES string of the molecule is CC(C)(C(N)=S)N1C(=O)CCCC1=O. The van der Waals surface area contributed by atoms with Crippen molar-refractivity contribution in [1.82, 2.24) is 4.90 Å². The number of imide groups is 1. The largest absolute Gasteiger partial charge is 0.391 e. The van der Waals surface area contributed by atoms with Gasteiger partial charge in [0.1, 0.15) is 0 Å². The summed E-state index contributed by atoms with van der Waals surface area (Å²) in [4.78, 5) is 24.5. The number of carbonyl (C=O) groups excluding carboxylic acids is 2. The van der Waals surface area contributed by atoms with E-state index in [0.717, 1.165) is 0 Å². The van der Waals surface area contributed by atoms with Crippen molar-refractivity contribution < 1.29 is 9.59 Å². The molecule has 2 amide bonds. The Morgan fingerprint density at radius 2 is 1.79 bits per heavy atom. The average Bonchev–Trinajstić information content (AvgIpc) is 2.02. The highest BCUT2D eigenvalue weighted by atomic mass is 32.1. The number of likely N-dealkylation sites (tertiary alicyclic amines) is 1. The quantitative estimate of drug-likeness (QED) is 0.540. The van der Waals surface area contributed by atoms with Gasteiger partial charge in [-0.15, -0.1) is 0 Å². The standard InChI is InChI=1S/C9H14N2O2S/c1-9(2,8(10)14)11-6(12)4-3-5-7(11)13/h3-5H2,1-2H3,(H2,10,14). The number of hydrogen-bond donors (Lipinski definition) is 1. The monoisotopic (exact) mass is 214 g/mol. The molecule has 5 heteroatoms. The first-order valence-corrected chi connectivity index (χ1v) is 4.94. The number of carbonyl (C=O) groups is 2. The molecule has 14 heavy (non-hydrogen) atoms. The first-order valence-electron chi connectivity index (χ1n) is 4.53. The van der Waals surface area contributed by atoms with E-state index in [0.29, 0.717) is 19.3 Å². The molecule has 2 N–H and O–H groups in total. The van der Waals surface area contributed by atoms with Crippen LogP contribution < -0.4 is 5.73 Å². The van der Waals surface area contributed by atoms with Crippen LogP contribution in [0.5, 0.6) is 0 Å². The van der Waals surface area contributed by atoms with Crippen LogP contribution in [0.15, 0.2) is 0 Å². The summed E-state index contributed by atoms with van der Waals surface area (Å²) in [5.41, 5.74) is 4.67. The fourth-order valence-corrected chi connectivity index (χ4v) is 1.58. The van der Waals surface area contributed by atoms with Gasteiger partial charge in [-0.2, -0.15) is 0 Å². The van der Waals surface area contributed by atoms with Gasteiger partial charge >= 0.3 is 0 Å². The maximum absolute atomic E-state index is 11.5. The average molecular weight is 214 g/mol. The van der Waals surface area contributed by atoms with Crippen molar-refractivity contribution in [3.05, 3.63) is 0 Å².